The van der Waals surface area contributed by atoms with Gasteiger partial charge in [-0.3, -0.25) is 4.79 Å². The first-order valence-electron chi connectivity index (χ1n) is 7.68. The molecule has 1 amide bonds. The van der Waals surface area contributed by atoms with Gasteiger partial charge < -0.3 is 10.6 Å². The number of rotatable bonds is 7. The van der Waals surface area contributed by atoms with Crippen molar-refractivity contribution in [3.05, 3.63) is 21.4 Å². The first-order chi connectivity index (χ1) is 9.65. The Morgan fingerprint density at radius 2 is 2.29 bits per heavy atom. The number of nitrogens with one attached hydrogen (secondary N) is 2. The standard InChI is InChI=1S/C16H26N2OS.ClH/c1-12-10-15(13(2)20-12)4-3-5-16(19)18-9-7-14-6-8-17-11-14;/h10,14,17H,3-9,11H2,1-2H3,(H,18,19);1H. The second-order valence-electron chi connectivity index (χ2n) is 5.79. The monoisotopic (exact) mass is 330 g/mol. The Kier molecular flexibility index (Phi) is 8.30. The highest BCUT2D eigenvalue weighted by Crippen LogP contribution is 2.22. The molecular formula is C16H27ClN2OS. The Bertz CT molecular complexity index is 441. The molecule has 21 heavy (non-hydrogen) atoms. The number of carbonyl (C=O) groups excluding carboxylic acids is 1. The zero-order chi connectivity index (χ0) is 14.4. The lowest BCUT2D eigenvalue weighted by atomic mass is 10.1. The molecule has 1 aromatic heterocycles. The van der Waals surface area contributed by atoms with Crippen LogP contribution in [0.25, 0.3) is 0 Å². The molecule has 0 saturated carbocycles. The average Bonchev–Trinajstić information content (AvgIpc) is 3.00. The van der Waals surface area contributed by atoms with Crippen LogP contribution in [0.5, 0.6) is 0 Å². The van der Waals surface area contributed by atoms with Gasteiger partial charge >= 0.3 is 0 Å². The molecule has 1 unspecified atom stereocenters. The summed E-state index contributed by atoms with van der Waals surface area (Å²) in [6.07, 6.45) is 5.00. The van der Waals surface area contributed by atoms with E-state index in [0.29, 0.717) is 6.42 Å². The minimum atomic E-state index is 0. The van der Waals surface area contributed by atoms with Gasteiger partial charge in [-0.1, -0.05) is 0 Å². The van der Waals surface area contributed by atoms with E-state index in [2.05, 4.69) is 30.5 Å². The SMILES string of the molecule is Cc1cc(CCCC(=O)NCCC2CCNC2)c(C)s1.Cl. The van der Waals surface area contributed by atoms with E-state index < -0.39 is 0 Å². The van der Waals surface area contributed by atoms with Crippen molar-refractivity contribution in [2.75, 3.05) is 19.6 Å². The van der Waals surface area contributed by atoms with E-state index in [1.807, 2.05) is 11.3 Å². The van der Waals surface area contributed by atoms with E-state index in [0.717, 1.165) is 44.8 Å². The molecule has 0 bridgehead atoms. The molecule has 0 aliphatic carbocycles. The van der Waals surface area contributed by atoms with Crippen molar-refractivity contribution >= 4 is 29.7 Å². The molecule has 5 heteroatoms. The van der Waals surface area contributed by atoms with Gasteiger partial charge in [0, 0.05) is 22.7 Å². The van der Waals surface area contributed by atoms with E-state index in [1.54, 1.807) is 0 Å². The molecule has 1 fully saturated rings. The van der Waals surface area contributed by atoms with Crippen LogP contribution in [0.3, 0.4) is 0 Å². The van der Waals surface area contributed by atoms with Crippen LogP contribution in [0.2, 0.25) is 0 Å². The summed E-state index contributed by atoms with van der Waals surface area (Å²) in [5.74, 6) is 0.965. The van der Waals surface area contributed by atoms with Crippen molar-refractivity contribution in [3.8, 4) is 0 Å². The quantitative estimate of drug-likeness (QED) is 0.806. The number of hydrogen-bond donors (Lipinski definition) is 2. The van der Waals surface area contributed by atoms with Crippen LogP contribution >= 0.6 is 23.7 Å². The summed E-state index contributed by atoms with van der Waals surface area (Å²) in [5.41, 5.74) is 1.41. The van der Waals surface area contributed by atoms with Gasteiger partial charge in [0.2, 0.25) is 5.91 Å². The zero-order valence-corrected chi connectivity index (χ0v) is 14.7. The van der Waals surface area contributed by atoms with Gasteiger partial charge in [-0.25, -0.2) is 0 Å². The van der Waals surface area contributed by atoms with Crippen LogP contribution in [0.4, 0.5) is 0 Å². The zero-order valence-electron chi connectivity index (χ0n) is 13.0. The molecule has 2 N–H and O–H groups in total. The fourth-order valence-electron chi connectivity index (χ4n) is 2.84. The number of carbonyl (C=O) groups is 1. The van der Waals surface area contributed by atoms with E-state index in [-0.39, 0.29) is 18.3 Å². The van der Waals surface area contributed by atoms with Crippen molar-refractivity contribution in [1.29, 1.82) is 0 Å². The number of thiophene rings is 1. The van der Waals surface area contributed by atoms with Gasteiger partial charge in [0.25, 0.3) is 0 Å². The molecule has 0 spiro atoms. The van der Waals surface area contributed by atoms with Crippen molar-refractivity contribution < 1.29 is 4.79 Å². The summed E-state index contributed by atoms with van der Waals surface area (Å²) in [4.78, 5) is 14.5. The Labute approximate surface area is 138 Å². The second-order valence-corrected chi connectivity index (χ2v) is 7.25. The number of hydrogen-bond acceptors (Lipinski definition) is 3. The van der Waals surface area contributed by atoms with Gasteiger partial charge in [0.15, 0.2) is 0 Å². The number of amides is 1. The smallest absolute Gasteiger partial charge is 0.220 e. The Morgan fingerprint density at radius 1 is 1.48 bits per heavy atom. The third-order valence-corrected chi connectivity index (χ3v) is 5.04. The van der Waals surface area contributed by atoms with E-state index in [9.17, 15) is 4.79 Å². The summed E-state index contributed by atoms with van der Waals surface area (Å²) in [5, 5.41) is 6.41. The van der Waals surface area contributed by atoms with Gasteiger partial charge in [0.05, 0.1) is 0 Å². The van der Waals surface area contributed by atoms with Gasteiger partial charge in [-0.2, -0.15) is 0 Å². The molecule has 3 nitrogen and oxygen atoms in total. The molecule has 0 radical (unpaired) electrons. The Balaban J connectivity index is 0.00000220. The maximum Gasteiger partial charge on any atom is 0.220 e. The number of halogens is 1. The summed E-state index contributed by atoms with van der Waals surface area (Å²) < 4.78 is 0. The summed E-state index contributed by atoms with van der Waals surface area (Å²) in [6.45, 7) is 7.40. The maximum absolute atomic E-state index is 11.8. The Hall–Kier alpha value is -0.580. The lowest BCUT2D eigenvalue weighted by molar-refractivity contribution is -0.121. The molecule has 2 heterocycles. The van der Waals surface area contributed by atoms with Crippen LogP contribution < -0.4 is 10.6 Å². The molecule has 2 rings (SSSR count). The minimum Gasteiger partial charge on any atom is -0.356 e. The largest absolute Gasteiger partial charge is 0.356 e. The molecule has 120 valence electrons. The minimum absolute atomic E-state index is 0. The third kappa shape index (κ3) is 6.37. The fraction of sp³-hybridized carbons (Fsp3) is 0.688. The van der Waals surface area contributed by atoms with Crippen LogP contribution in [0, 0.1) is 19.8 Å². The van der Waals surface area contributed by atoms with Crippen molar-refractivity contribution in [2.24, 2.45) is 5.92 Å². The molecule has 0 aromatic carbocycles. The summed E-state index contributed by atoms with van der Waals surface area (Å²) in [7, 11) is 0. The van der Waals surface area contributed by atoms with E-state index >= 15 is 0 Å². The predicted molar refractivity (Wildman–Crippen MR) is 92.6 cm³/mol. The summed E-state index contributed by atoms with van der Waals surface area (Å²) in [6, 6.07) is 2.25. The van der Waals surface area contributed by atoms with Crippen molar-refractivity contribution in [3.63, 3.8) is 0 Å². The summed E-state index contributed by atoms with van der Waals surface area (Å²) >= 11 is 1.85. The highest BCUT2D eigenvalue weighted by Gasteiger charge is 2.14. The van der Waals surface area contributed by atoms with Crippen LogP contribution in [0.1, 0.15) is 41.0 Å². The van der Waals surface area contributed by atoms with E-state index in [4.69, 9.17) is 0 Å². The first kappa shape index (κ1) is 18.5. The molecular weight excluding hydrogens is 304 g/mol. The number of aryl methyl sites for hydroxylation is 3. The molecule has 1 saturated heterocycles. The molecule has 1 aliphatic heterocycles. The second kappa shape index (κ2) is 9.44. The lowest BCUT2D eigenvalue weighted by Gasteiger charge is -2.09. The van der Waals surface area contributed by atoms with E-state index in [1.165, 1.54) is 21.7 Å². The predicted octanol–water partition coefficient (Wildman–Crippen LogP) is 3.23. The average molecular weight is 331 g/mol. The first-order valence-corrected chi connectivity index (χ1v) is 8.50. The Morgan fingerprint density at radius 3 is 2.90 bits per heavy atom. The van der Waals surface area contributed by atoms with Crippen molar-refractivity contribution in [1.82, 2.24) is 10.6 Å². The molecule has 1 aliphatic rings. The third-order valence-electron chi connectivity index (χ3n) is 4.03. The highest BCUT2D eigenvalue weighted by molar-refractivity contribution is 7.12. The van der Waals surface area contributed by atoms with Crippen LogP contribution in [-0.4, -0.2) is 25.5 Å². The van der Waals surface area contributed by atoms with Gasteiger partial charge in [0.1, 0.15) is 0 Å². The molecule has 1 aromatic rings. The normalized spacial score (nSPS) is 17.5. The highest BCUT2D eigenvalue weighted by atomic mass is 35.5. The lowest BCUT2D eigenvalue weighted by Crippen LogP contribution is -2.26. The van der Waals surface area contributed by atoms with Gasteiger partial charge in [-0.15, -0.1) is 23.7 Å². The van der Waals surface area contributed by atoms with Crippen molar-refractivity contribution in [2.45, 2.75) is 46.0 Å². The van der Waals surface area contributed by atoms with Gasteiger partial charge in [-0.05, 0) is 70.2 Å². The van der Waals surface area contributed by atoms with Crippen LogP contribution in [0.15, 0.2) is 6.07 Å². The topological polar surface area (TPSA) is 41.1 Å². The maximum atomic E-state index is 11.8. The van der Waals surface area contributed by atoms with Crippen LogP contribution in [-0.2, 0) is 11.2 Å². The molecule has 1 atom stereocenters. The fourth-order valence-corrected chi connectivity index (χ4v) is 3.81.